The molecular weight excluding hydrogens is 362 g/mol. The second-order valence-electron chi connectivity index (χ2n) is 6.69. The van der Waals surface area contributed by atoms with Gasteiger partial charge in [-0.25, -0.2) is 0 Å². The minimum atomic E-state index is -0.604. The lowest BCUT2D eigenvalue weighted by molar-refractivity contribution is -0.939. The number of morpholine rings is 1. The Kier molecular flexibility index (Phi) is 6.98. The summed E-state index contributed by atoms with van der Waals surface area (Å²) in [7, 11) is 0. The van der Waals surface area contributed by atoms with Crippen molar-refractivity contribution in [3.8, 4) is 0 Å². The van der Waals surface area contributed by atoms with Gasteiger partial charge in [0, 0.05) is 6.54 Å². The molecule has 1 fully saturated rings. The van der Waals surface area contributed by atoms with Gasteiger partial charge in [-0.1, -0.05) is 36.4 Å². The van der Waals surface area contributed by atoms with Crippen LogP contribution in [0.3, 0.4) is 0 Å². The van der Waals surface area contributed by atoms with E-state index in [0.29, 0.717) is 6.54 Å². The van der Waals surface area contributed by atoms with Crippen molar-refractivity contribution in [1.82, 2.24) is 10.6 Å². The second kappa shape index (κ2) is 9.64. The number of carbonyl (C=O) groups is 2. The molecule has 3 rings (SSSR count). The van der Waals surface area contributed by atoms with Crippen molar-refractivity contribution in [2.24, 2.45) is 0 Å². The zero-order valence-electron chi connectivity index (χ0n) is 15.4. The summed E-state index contributed by atoms with van der Waals surface area (Å²) in [6, 6.07) is 13.6. The smallest absolute Gasteiger partial charge is 0.309 e. The van der Waals surface area contributed by atoms with Gasteiger partial charge in [0.2, 0.25) is 0 Å². The number of hydrogen-bond acceptors (Lipinski definition) is 4. The second-order valence-corrected chi connectivity index (χ2v) is 7.67. The van der Waals surface area contributed by atoms with Gasteiger partial charge in [0.1, 0.15) is 19.1 Å². The summed E-state index contributed by atoms with van der Waals surface area (Å²) in [6.07, 6.45) is 0. The molecule has 2 atom stereocenters. The maximum absolute atomic E-state index is 12.4. The maximum Gasteiger partial charge on any atom is 0.309 e. The Balaban J connectivity index is 1.59. The quantitative estimate of drug-likeness (QED) is 0.632. The van der Waals surface area contributed by atoms with E-state index in [1.54, 1.807) is 11.3 Å². The molecule has 0 saturated carbocycles. The van der Waals surface area contributed by atoms with E-state index in [-0.39, 0.29) is 12.1 Å². The third-order valence-electron chi connectivity index (χ3n) is 4.79. The average molecular weight is 389 g/mol. The molecule has 2 aromatic rings. The molecule has 1 aromatic heterocycles. The molecule has 0 aliphatic carbocycles. The summed E-state index contributed by atoms with van der Waals surface area (Å²) in [5.41, 5.74) is 0.959. The molecule has 7 heteroatoms. The molecule has 6 nitrogen and oxygen atoms in total. The highest BCUT2D eigenvalue weighted by Crippen LogP contribution is 2.20. The summed E-state index contributed by atoms with van der Waals surface area (Å²) < 4.78 is 5.47. The van der Waals surface area contributed by atoms with E-state index in [1.165, 1.54) is 9.78 Å². The van der Waals surface area contributed by atoms with Crippen molar-refractivity contribution in [2.75, 3.05) is 26.3 Å². The number of amides is 2. The highest BCUT2D eigenvalue weighted by atomic mass is 32.1. The summed E-state index contributed by atoms with van der Waals surface area (Å²) in [6.45, 7) is 5.52. The van der Waals surface area contributed by atoms with Crippen LogP contribution in [0.1, 0.15) is 23.4 Å². The van der Waals surface area contributed by atoms with Gasteiger partial charge in [-0.3, -0.25) is 9.59 Å². The molecule has 3 N–H and O–H groups in total. The molecule has 0 radical (unpaired) electrons. The Morgan fingerprint density at radius 3 is 2.52 bits per heavy atom. The number of nitrogens with one attached hydrogen (secondary N) is 3. The minimum absolute atomic E-state index is 0.111. The highest BCUT2D eigenvalue weighted by molar-refractivity contribution is 7.10. The number of hydrogen-bond donors (Lipinski definition) is 3. The first-order valence-electron chi connectivity index (χ1n) is 9.23. The van der Waals surface area contributed by atoms with E-state index < -0.39 is 11.8 Å². The minimum Gasteiger partial charge on any atom is -0.370 e. The van der Waals surface area contributed by atoms with E-state index in [1.807, 2.05) is 48.7 Å². The van der Waals surface area contributed by atoms with Crippen molar-refractivity contribution in [3.63, 3.8) is 0 Å². The SMILES string of the molecule is C[C@H](NC(=O)C(=O)NCc1ccccc1)[C@@H](c1cccs1)[NH+]1CCOCC1. The lowest BCUT2D eigenvalue weighted by Gasteiger charge is -2.34. The van der Waals surface area contributed by atoms with Crippen molar-refractivity contribution in [2.45, 2.75) is 25.6 Å². The van der Waals surface area contributed by atoms with Crippen LogP contribution >= 0.6 is 11.3 Å². The number of quaternary nitrogens is 1. The Morgan fingerprint density at radius 2 is 1.85 bits per heavy atom. The number of ether oxygens (including phenoxy) is 1. The van der Waals surface area contributed by atoms with Crippen LogP contribution < -0.4 is 15.5 Å². The maximum atomic E-state index is 12.4. The lowest BCUT2D eigenvalue weighted by Crippen LogP contribution is -3.15. The zero-order valence-corrected chi connectivity index (χ0v) is 16.3. The zero-order chi connectivity index (χ0) is 19.1. The standard InChI is InChI=1S/C20H25N3O3S/c1-15(18(17-8-5-13-27-17)23-9-11-26-12-10-23)22-20(25)19(24)21-14-16-6-3-2-4-7-16/h2-8,13,15,18H,9-12,14H2,1H3,(H,21,24)(H,22,25)/p+1/t15-,18-/m0/s1. The topological polar surface area (TPSA) is 71.9 Å². The van der Waals surface area contributed by atoms with Crippen LogP contribution in [0, 0.1) is 0 Å². The Labute approximate surface area is 163 Å². The Hall–Kier alpha value is -2.22. The summed E-state index contributed by atoms with van der Waals surface area (Å²) >= 11 is 1.68. The largest absolute Gasteiger partial charge is 0.370 e. The molecule has 1 aliphatic rings. The number of thiophene rings is 1. The third-order valence-corrected chi connectivity index (χ3v) is 5.74. The predicted molar refractivity (Wildman–Crippen MR) is 104 cm³/mol. The molecule has 1 aliphatic heterocycles. The van der Waals surface area contributed by atoms with Crippen LogP contribution in [-0.2, 0) is 20.9 Å². The van der Waals surface area contributed by atoms with E-state index in [2.05, 4.69) is 16.7 Å². The number of benzene rings is 1. The molecule has 2 heterocycles. The summed E-state index contributed by atoms with van der Waals surface area (Å²) in [5.74, 6) is -1.19. The average Bonchev–Trinajstić information content (AvgIpc) is 3.22. The van der Waals surface area contributed by atoms with Crippen LogP contribution in [0.25, 0.3) is 0 Å². The highest BCUT2D eigenvalue weighted by Gasteiger charge is 2.33. The van der Waals surface area contributed by atoms with Crippen LogP contribution in [0.4, 0.5) is 0 Å². The molecule has 0 spiro atoms. The van der Waals surface area contributed by atoms with Gasteiger partial charge in [-0.2, -0.15) is 0 Å². The van der Waals surface area contributed by atoms with Gasteiger partial charge in [-0.15, -0.1) is 11.3 Å². The van der Waals surface area contributed by atoms with Gasteiger partial charge >= 0.3 is 11.8 Å². The molecular formula is C20H26N3O3S+. The van der Waals surface area contributed by atoms with Gasteiger partial charge in [0.25, 0.3) is 0 Å². The van der Waals surface area contributed by atoms with Crippen LogP contribution in [0.15, 0.2) is 47.8 Å². The normalized spacial score (nSPS) is 17.1. The Bertz CT molecular complexity index is 730. The molecule has 0 bridgehead atoms. The number of carbonyl (C=O) groups excluding carboxylic acids is 2. The van der Waals surface area contributed by atoms with Gasteiger partial charge in [-0.05, 0) is 23.9 Å². The van der Waals surface area contributed by atoms with E-state index >= 15 is 0 Å². The fourth-order valence-electron chi connectivity index (χ4n) is 3.43. The first kappa shape index (κ1) is 19.5. The number of rotatable bonds is 6. The predicted octanol–water partition coefficient (Wildman–Crippen LogP) is 0.525. The lowest BCUT2D eigenvalue weighted by atomic mass is 10.1. The molecule has 27 heavy (non-hydrogen) atoms. The fourth-order valence-corrected chi connectivity index (χ4v) is 4.42. The van der Waals surface area contributed by atoms with Gasteiger partial charge in [0.05, 0.1) is 24.1 Å². The van der Waals surface area contributed by atoms with Gasteiger partial charge < -0.3 is 20.3 Å². The first-order valence-corrected chi connectivity index (χ1v) is 10.1. The summed E-state index contributed by atoms with van der Waals surface area (Å²) in [4.78, 5) is 27.2. The fraction of sp³-hybridized carbons (Fsp3) is 0.400. The van der Waals surface area contributed by atoms with Crippen LogP contribution in [-0.4, -0.2) is 44.2 Å². The Morgan fingerprint density at radius 1 is 1.11 bits per heavy atom. The molecule has 2 amide bonds. The van der Waals surface area contributed by atoms with E-state index in [4.69, 9.17) is 4.74 Å². The van der Waals surface area contributed by atoms with Crippen molar-refractivity contribution >= 4 is 23.2 Å². The van der Waals surface area contributed by atoms with E-state index in [0.717, 1.165) is 31.9 Å². The third kappa shape index (κ3) is 5.38. The van der Waals surface area contributed by atoms with E-state index in [9.17, 15) is 9.59 Å². The van der Waals surface area contributed by atoms with Crippen molar-refractivity contribution in [1.29, 1.82) is 0 Å². The van der Waals surface area contributed by atoms with Gasteiger partial charge in [0.15, 0.2) is 0 Å². The summed E-state index contributed by atoms with van der Waals surface area (Å²) in [5, 5.41) is 7.62. The van der Waals surface area contributed by atoms with Crippen LogP contribution in [0.2, 0.25) is 0 Å². The molecule has 144 valence electrons. The van der Waals surface area contributed by atoms with Crippen molar-refractivity contribution < 1.29 is 19.2 Å². The first-order chi connectivity index (χ1) is 13.1. The van der Waals surface area contributed by atoms with Crippen molar-refractivity contribution in [3.05, 3.63) is 58.3 Å². The molecule has 1 aromatic carbocycles. The molecule has 0 unspecified atom stereocenters. The van der Waals surface area contributed by atoms with Crippen LogP contribution in [0.5, 0.6) is 0 Å². The monoisotopic (exact) mass is 388 g/mol. The molecule has 1 saturated heterocycles.